The number of unbranched alkanes of at least 4 members (excludes halogenated alkanes) is 2. The van der Waals surface area contributed by atoms with Crippen molar-refractivity contribution in [2.75, 3.05) is 13.2 Å². The summed E-state index contributed by atoms with van der Waals surface area (Å²) in [5.74, 6) is -0.703. The highest BCUT2D eigenvalue weighted by molar-refractivity contribution is 5.69. The van der Waals surface area contributed by atoms with Crippen molar-refractivity contribution in [2.45, 2.75) is 84.0 Å². The molecule has 0 spiro atoms. The molecular weight excluding hydrogens is 348 g/mol. The predicted octanol–water partition coefficient (Wildman–Crippen LogP) is 1.94. The fraction of sp³-hybridized carbons (Fsp3) is 0.857. The Labute approximate surface area is 162 Å². The average molecular weight is 385 g/mol. The third-order valence-electron chi connectivity index (χ3n) is 7.01. The van der Waals surface area contributed by atoms with Gasteiger partial charge in [-0.3, -0.25) is 4.79 Å². The summed E-state index contributed by atoms with van der Waals surface area (Å²) in [4.78, 5) is 12.4. The second-order valence-electron chi connectivity index (χ2n) is 9.08. The smallest absolute Gasteiger partial charge is 0.306 e. The minimum Gasteiger partial charge on any atom is -0.458 e. The van der Waals surface area contributed by atoms with E-state index in [1.807, 2.05) is 13.8 Å². The van der Waals surface area contributed by atoms with Crippen molar-refractivity contribution >= 4 is 5.97 Å². The second kappa shape index (κ2) is 8.19. The summed E-state index contributed by atoms with van der Waals surface area (Å²) < 4.78 is 5.80. The fourth-order valence-electron chi connectivity index (χ4n) is 5.37. The first-order chi connectivity index (χ1) is 12.6. The maximum atomic E-state index is 12.4. The summed E-state index contributed by atoms with van der Waals surface area (Å²) in [6.45, 7) is 6.79. The molecule has 0 radical (unpaired) electrons. The lowest BCUT2D eigenvalue weighted by atomic mass is 9.45. The average Bonchev–Trinajstić information content (AvgIpc) is 2.61. The van der Waals surface area contributed by atoms with Crippen molar-refractivity contribution in [3.8, 4) is 0 Å². The third kappa shape index (κ3) is 3.69. The number of carbonyl (C=O) groups is 1. The quantitative estimate of drug-likeness (QED) is 0.304. The van der Waals surface area contributed by atoms with Gasteiger partial charge in [0.05, 0.1) is 19.3 Å². The summed E-state index contributed by atoms with van der Waals surface area (Å²) >= 11 is 0. The fourth-order valence-corrected chi connectivity index (χ4v) is 5.37. The summed E-state index contributed by atoms with van der Waals surface area (Å²) in [5.41, 5.74) is -3.05. The molecular formula is C21H36O6. The SMILES string of the molecule is CCCCCC(=O)O[C@@H]1C=C(CO)[C@](O)(CO)[C@@]2(C)[C@H](O)CCC(C)(C)[C@H]12. The lowest BCUT2D eigenvalue weighted by Crippen LogP contribution is -2.70. The summed E-state index contributed by atoms with van der Waals surface area (Å²) in [5, 5.41) is 42.1. The van der Waals surface area contributed by atoms with Crippen molar-refractivity contribution in [1.29, 1.82) is 0 Å². The van der Waals surface area contributed by atoms with Crippen molar-refractivity contribution < 1.29 is 30.0 Å². The number of ether oxygens (including phenoxy) is 1. The number of aliphatic hydroxyl groups excluding tert-OH is 3. The monoisotopic (exact) mass is 384 g/mol. The van der Waals surface area contributed by atoms with Gasteiger partial charge in [0.25, 0.3) is 0 Å². The zero-order valence-electron chi connectivity index (χ0n) is 17.1. The molecule has 0 bridgehead atoms. The van der Waals surface area contributed by atoms with E-state index in [1.54, 1.807) is 13.0 Å². The molecule has 6 heteroatoms. The van der Waals surface area contributed by atoms with Crippen LogP contribution in [0.15, 0.2) is 11.6 Å². The van der Waals surface area contributed by atoms with Crippen molar-refractivity contribution in [3.05, 3.63) is 11.6 Å². The van der Waals surface area contributed by atoms with E-state index in [1.165, 1.54) is 0 Å². The molecule has 156 valence electrons. The summed E-state index contributed by atoms with van der Waals surface area (Å²) in [6, 6.07) is 0. The maximum absolute atomic E-state index is 12.4. The van der Waals surface area contributed by atoms with E-state index in [-0.39, 0.29) is 17.0 Å². The zero-order valence-corrected chi connectivity index (χ0v) is 17.1. The molecule has 0 aromatic rings. The lowest BCUT2D eigenvalue weighted by molar-refractivity contribution is -0.237. The van der Waals surface area contributed by atoms with E-state index in [0.29, 0.717) is 19.3 Å². The van der Waals surface area contributed by atoms with E-state index in [9.17, 15) is 25.2 Å². The first-order valence-electron chi connectivity index (χ1n) is 10.1. The molecule has 2 aliphatic carbocycles. The van der Waals surface area contributed by atoms with Gasteiger partial charge in [-0.15, -0.1) is 0 Å². The van der Waals surface area contributed by atoms with E-state index >= 15 is 0 Å². The highest BCUT2D eigenvalue weighted by Crippen LogP contribution is 2.61. The molecule has 1 fully saturated rings. The number of hydrogen-bond acceptors (Lipinski definition) is 6. The van der Waals surface area contributed by atoms with Crippen LogP contribution >= 0.6 is 0 Å². The molecule has 0 saturated heterocycles. The minimum absolute atomic E-state index is 0.201. The molecule has 0 amide bonds. The topological polar surface area (TPSA) is 107 Å². The Bertz CT molecular complexity index is 571. The zero-order chi connectivity index (χ0) is 20.5. The van der Waals surface area contributed by atoms with Crippen LogP contribution in [0, 0.1) is 16.7 Å². The molecule has 0 unspecified atom stereocenters. The van der Waals surface area contributed by atoms with E-state index in [0.717, 1.165) is 19.3 Å². The van der Waals surface area contributed by atoms with Crippen LogP contribution in [0.2, 0.25) is 0 Å². The van der Waals surface area contributed by atoms with Crippen LogP contribution in [0.4, 0.5) is 0 Å². The Morgan fingerprint density at radius 1 is 1.26 bits per heavy atom. The van der Waals surface area contributed by atoms with Crippen LogP contribution in [-0.2, 0) is 9.53 Å². The highest BCUT2D eigenvalue weighted by Gasteiger charge is 2.66. The lowest BCUT2D eigenvalue weighted by Gasteiger charge is -2.63. The minimum atomic E-state index is -1.77. The Balaban J connectivity index is 2.46. The maximum Gasteiger partial charge on any atom is 0.306 e. The molecule has 6 nitrogen and oxygen atoms in total. The van der Waals surface area contributed by atoms with E-state index < -0.39 is 42.4 Å². The van der Waals surface area contributed by atoms with Crippen LogP contribution in [0.3, 0.4) is 0 Å². The molecule has 1 saturated carbocycles. The highest BCUT2D eigenvalue weighted by atomic mass is 16.5. The number of esters is 1. The summed E-state index contributed by atoms with van der Waals surface area (Å²) in [7, 11) is 0. The molecule has 27 heavy (non-hydrogen) atoms. The predicted molar refractivity (Wildman–Crippen MR) is 102 cm³/mol. The van der Waals surface area contributed by atoms with Gasteiger partial charge < -0.3 is 25.2 Å². The van der Waals surface area contributed by atoms with Crippen LogP contribution in [0.1, 0.15) is 66.2 Å². The Morgan fingerprint density at radius 2 is 1.93 bits per heavy atom. The Hall–Kier alpha value is -0.950. The molecule has 5 atom stereocenters. The number of carbonyl (C=O) groups excluding carboxylic acids is 1. The van der Waals surface area contributed by atoms with Gasteiger partial charge in [-0.25, -0.2) is 0 Å². The van der Waals surface area contributed by atoms with Gasteiger partial charge in [-0.2, -0.15) is 0 Å². The molecule has 2 aliphatic rings. The van der Waals surface area contributed by atoms with Gasteiger partial charge in [0, 0.05) is 17.8 Å². The van der Waals surface area contributed by atoms with E-state index in [4.69, 9.17) is 4.74 Å². The van der Waals surface area contributed by atoms with Crippen molar-refractivity contribution in [3.63, 3.8) is 0 Å². The number of aliphatic hydroxyl groups is 4. The Kier molecular flexibility index (Phi) is 6.78. The first kappa shape index (κ1) is 22.3. The largest absolute Gasteiger partial charge is 0.458 e. The second-order valence-corrected chi connectivity index (χ2v) is 9.08. The number of rotatable bonds is 7. The molecule has 0 aromatic carbocycles. The van der Waals surface area contributed by atoms with Crippen molar-refractivity contribution in [2.24, 2.45) is 16.7 Å². The van der Waals surface area contributed by atoms with Crippen molar-refractivity contribution in [1.82, 2.24) is 0 Å². The molecule has 0 aliphatic heterocycles. The molecule has 2 rings (SSSR count). The van der Waals surface area contributed by atoms with Crippen LogP contribution in [0.5, 0.6) is 0 Å². The molecule has 4 N–H and O–H groups in total. The number of fused-ring (bicyclic) bond motifs is 1. The van der Waals surface area contributed by atoms with Crippen LogP contribution < -0.4 is 0 Å². The number of hydrogen-bond donors (Lipinski definition) is 4. The van der Waals surface area contributed by atoms with Gasteiger partial charge >= 0.3 is 5.97 Å². The Morgan fingerprint density at radius 3 is 2.48 bits per heavy atom. The normalized spacial score (nSPS) is 38.1. The first-order valence-corrected chi connectivity index (χ1v) is 10.1. The van der Waals surface area contributed by atoms with Gasteiger partial charge in [-0.05, 0) is 36.3 Å². The third-order valence-corrected chi connectivity index (χ3v) is 7.01. The van der Waals surface area contributed by atoms with Gasteiger partial charge in [0.1, 0.15) is 11.7 Å². The standard InChI is InChI=1S/C21H36O6/c1-5-6-7-8-17(25)27-15-11-14(12-22)21(26,13-23)20(4)16(24)9-10-19(2,3)18(15)20/h11,15-16,18,22-24,26H,5-10,12-13H2,1-4H3/t15-,16-,18+,20+,21-/m1/s1. The summed E-state index contributed by atoms with van der Waals surface area (Å²) in [6.07, 6.45) is 4.26. The van der Waals surface area contributed by atoms with Gasteiger partial charge in [0.2, 0.25) is 0 Å². The van der Waals surface area contributed by atoms with Crippen LogP contribution in [0.25, 0.3) is 0 Å². The van der Waals surface area contributed by atoms with E-state index in [2.05, 4.69) is 6.92 Å². The van der Waals surface area contributed by atoms with Gasteiger partial charge in [0.15, 0.2) is 0 Å². The molecule has 0 aromatic heterocycles. The molecule has 0 heterocycles. The van der Waals surface area contributed by atoms with Gasteiger partial charge in [-0.1, -0.05) is 40.5 Å². The van der Waals surface area contributed by atoms with Crippen LogP contribution in [-0.4, -0.2) is 57.4 Å².